The fourth-order valence-electron chi connectivity index (χ4n) is 3.93. The number of likely N-dealkylation sites (tertiary alicyclic amines) is 1. The van der Waals surface area contributed by atoms with E-state index in [9.17, 15) is 4.79 Å². The van der Waals surface area contributed by atoms with Crippen LogP contribution < -0.4 is 0 Å². The molecule has 1 aromatic carbocycles. The van der Waals surface area contributed by atoms with Crippen LogP contribution in [0.25, 0.3) is 0 Å². The van der Waals surface area contributed by atoms with Crippen LogP contribution in [0.5, 0.6) is 0 Å². The maximum atomic E-state index is 12.8. The molecule has 1 aliphatic heterocycles. The van der Waals surface area contributed by atoms with Gasteiger partial charge < -0.3 is 14.7 Å². The monoisotopic (exact) mass is 317 g/mol. The summed E-state index contributed by atoms with van der Waals surface area (Å²) in [7, 11) is 1.69. The highest BCUT2D eigenvalue weighted by Gasteiger charge is 2.47. The Morgan fingerprint density at radius 1 is 1.30 bits per heavy atom. The molecule has 2 aliphatic rings. The Morgan fingerprint density at radius 3 is 2.57 bits per heavy atom. The zero-order valence-corrected chi connectivity index (χ0v) is 14.0. The van der Waals surface area contributed by atoms with Crippen LogP contribution in [0.1, 0.15) is 36.8 Å². The SMILES string of the molecule is COCC1(C(=O)N2CCC(Cc3ccc(CO)cc3)C2)CCC1. The molecule has 3 rings (SSSR count). The number of nitrogens with zero attached hydrogens (tertiary/aromatic N) is 1. The first-order valence-corrected chi connectivity index (χ1v) is 8.64. The quantitative estimate of drug-likeness (QED) is 0.876. The van der Waals surface area contributed by atoms with Crippen LogP contribution in [0.15, 0.2) is 24.3 Å². The molecular formula is C19H27NO3. The van der Waals surface area contributed by atoms with Crippen LogP contribution in [0.3, 0.4) is 0 Å². The number of amides is 1. The van der Waals surface area contributed by atoms with Crippen LogP contribution in [-0.2, 0) is 22.6 Å². The molecule has 4 nitrogen and oxygen atoms in total. The third-order valence-corrected chi connectivity index (χ3v) is 5.49. The Kier molecular flexibility index (Phi) is 5.02. The van der Waals surface area contributed by atoms with Crippen molar-refractivity contribution < 1.29 is 14.6 Å². The lowest BCUT2D eigenvalue weighted by Crippen LogP contribution is -2.49. The molecule has 1 N–H and O–H groups in total. The summed E-state index contributed by atoms with van der Waals surface area (Å²) < 4.78 is 5.31. The standard InChI is InChI=1S/C19H27NO3/c1-23-14-19(8-2-9-19)18(22)20-10-7-17(12-20)11-15-3-5-16(13-21)6-4-15/h3-6,17,21H,2,7-14H2,1H3. The molecule has 0 spiro atoms. The van der Waals surface area contributed by atoms with Gasteiger partial charge in [0.05, 0.1) is 18.6 Å². The van der Waals surface area contributed by atoms with Crippen molar-refractivity contribution in [3.63, 3.8) is 0 Å². The van der Waals surface area contributed by atoms with Crippen molar-refractivity contribution in [2.75, 3.05) is 26.8 Å². The summed E-state index contributed by atoms with van der Waals surface area (Å²) in [5, 5.41) is 9.10. The number of ether oxygens (including phenoxy) is 1. The summed E-state index contributed by atoms with van der Waals surface area (Å²) in [5.74, 6) is 0.849. The summed E-state index contributed by atoms with van der Waals surface area (Å²) in [5.41, 5.74) is 2.01. The van der Waals surface area contributed by atoms with E-state index in [0.29, 0.717) is 18.4 Å². The van der Waals surface area contributed by atoms with Crippen LogP contribution >= 0.6 is 0 Å². The minimum absolute atomic E-state index is 0.0908. The van der Waals surface area contributed by atoms with Gasteiger partial charge in [-0.3, -0.25) is 4.79 Å². The van der Waals surface area contributed by atoms with E-state index in [4.69, 9.17) is 9.84 Å². The van der Waals surface area contributed by atoms with Gasteiger partial charge in [-0.2, -0.15) is 0 Å². The minimum Gasteiger partial charge on any atom is -0.392 e. The second-order valence-electron chi connectivity index (χ2n) is 7.15. The van der Waals surface area contributed by atoms with Gasteiger partial charge in [-0.1, -0.05) is 30.7 Å². The number of hydrogen-bond acceptors (Lipinski definition) is 3. The number of carbonyl (C=O) groups excluding carboxylic acids is 1. The Balaban J connectivity index is 1.56. The predicted octanol–water partition coefficient (Wildman–Crippen LogP) is 2.39. The summed E-state index contributed by atoms with van der Waals surface area (Å²) >= 11 is 0. The summed E-state index contributed by atoms with van der Waals surface area (Å²) in [4.78, 5) is 14.9. The smallest absolute Gasteiger partial charge is 0.231 e. The molecule has 0 aromatic heterocycles. The maximum absolute atomic E-state index is 12.8. The molecule has 0 bridgehead atoms. The summed E-state index contributed by atoms with van der Waals surface area (Å²) in [6.07, 6.45) is 5.18. The fraction of sp³-hybridized carbons (Fsp3) is 0.632. The highest BCUT2D eigenvalue weighted by Crippen LogP contribution is 2.43. The predicted molar refractivity (Wildman–Crippen MR) is 88.9 cm³/mol. The second-order valence-corrected chi connectivity index (χ2v) is 7.15. The van der Waals surface area contributed by atoms with E-state index < -0.39 is 0 Å². The van der Waals surface area contributed by atoms with Gasteiger partial charge in [-0.25, -0.2) is 0 Å². The van der Waals surface area contributed by atoms with Gasteiger partial charge in [0.15, 0.2) is 0 Å². The van der Waals surface area contributed by atoms with Crippen LogP contribution in [0.2, 0.25) is 0 Å². The molecule has 1 amide bonds. The van der Waals surface area contributed by atoms with Crippen molar-refractivity contribution in [3.05, 3.63) is 35.4 Å². The Morgan fingerprint density at radius 2 is 2.00 bits per heavy atom. The first-order valence-electron chi connectivity index (χ1n) is 8.64. The molecule has 1 saturated heterocycles. The lowest BCUT2D eigenvalue weighted by atomic mass is 9.68. The van der Waals surface area contributed by atoms with Gasteiger partial charge in [-0.15, -0.1) is 0 Å². The van der Waals surface area contributed by atoms with Crippen molar-refractivity contribution in [1.29, 1.82) is 0 Å². The van der Waals surface area contributed by atoms with Gasteiger partial charge in [-0.05, 0) is 42.7 Å². The minimum atomic E-state index is -0.230. The maximum Gasteiger partial charge on any atom is 0.231 e. The van der Waals surface area contributed by atoms with Gasteiger partial charge in [0.2, 0.25) is 5.91 Å². The topological polar surface area (TPSA) is 49.8 Å². The first kappa shape index (κ1) is 16.5. The molecule has 2 fully saturated rings. The summed E-state index contributed by atoms with van der Waals surface area (Å²) in [6, 6.07) is 8.15. The zero-order chi connectivity index (χ0) is 16.3. The van der Waals surface area contributed by atoms with Crippen molar-refractivity contribution in [3.8, 4) is 0 Å². The number of benzene rings is 1. The molecule has 1 saturated carbocycles. The molecule has 126 valence electrons. The molecule has 1 aromatic rings. The molecule has 23 heavy (non-hydrogen) atoms. The van der Waals surface area contributed by atoms with E-state index in [2.05, 4.69) is 17.0 Å². The second kappa shape index (κ2) is 7.02. The Bertz CT molecular complexity index is 536. The van der Waals surface area contributed by atoms with E-state index in [0.717, 1.165) is 50.8 Å². The lowest BCUT2D eigenvalue weighted by molar-refractivity contribution is -0.151. The van der Waals surface area contributed by atoms with Crippen molar-refractivity contribution >= 4 is 5.91 Å². The van der Waals surface area contributed by atoms with E-state index in [1.807, 2.05) is 12.1 Å². The number of methoxy groups -OCH3 is 1. The third kappa shape index (κ3) is 3.43. The summed E-state index contributed by atoms with van der Waals surface area (Å²) in [6.45, 7) is 2.40. The van der Waals surface area contributed by atoms with E-state index >= 15 is 0 Å². The largest absolute Gasteiger partial charge is 0.392 e. The Hall–Kier alpha value is -1.39. The van der Waals surface area contributed by atoms with E-state index in [1.165, 1.54) is 5.56 Å². The third-order valence-electron chi connectivity index (χ3n) is 5.49. The van der Waals surface area contributed by atoms with E-state index in [-0.39, 0.29) is 12.0 Å². The van der Waals surface area contributed by atoms with Gasteiger partial charge in [0, 0.05) is 20.2 Å². The average Bonchev–Trinajstić information content (AvgIpc) is 2.99. The molecule has 1 atom stereocenters. The molecule has 4 heteroatoms. The molecule has 1 aliphatic carbocycles. The number of aliphatic hydroxyl groups excluding tert-OH is 1. The van der Waals surface area contributed by atoms with Crippen LogP contribution in [0, 0.1) is 11.3 Å². The first-order chi connectivity index (χ1) is 11.2. The molecule has 0 radical (unpaired) electrons. The van der Waals surface area contributed by atoms with Crippen LogP contribution in [0.4, 0.5) is 0 Å². The number of rotatable bonds is 6. The lowest BCUT2D eigenvalue weighted by Gasteiger charge is -2.42. The average molecular weight is 317 g/mol. The molecule has 1 unspecified atom stereocenters. The van der Waals surface area contributed by atoms with Crippen molar-refractivity contribution in [2.24, 2.45) is 11.3 Å². The number of carbonyl (C=O) groups is 1. The highest BCUT2D eigenvalue weighted by molar-refractivity contribution is 5.84. The van der Waals surface area contributed by atoms with Gasteiger partial charge in [0.1, 0.15) is 0 Å². The normalized spacial score (nSPS) is 22.9. The van der Waals surface area contributed by atoms with Gasteiger partial charge >= 0.3 is 0 Å². The number of hydrogen-bond donors (Lipinski definition) is 1. The zero-order valence-electron chi connectivity index (χ0n) is 14.0. The van der Waals surface area contributed by atoms with Crippen molar-refractivity contribution in [1.82, 2.24) is 4.90 Å². The fourth-order valence-corrected chi connectivity index (χ4v) is 3.93. The Labute approximate surface area is 138 Å². The highest BCUT2D eigenvalue weighted by atomic mass is 16.5. The van der Waals surface area contributed by atoms with Crippen molar-refractivity contribution in [2.45, 2.75) is 38.7 Å². The van der Waals surface area contributed by atoms with E-state index in [1.54, 1.807) is 7.11 Å². The van der Waals surface area contributed by atoms with Gasteiger partial charge in [0.25, 0.3) is 0 Å². The molecular weight excluding hydrogens is 290 g/mol. The molecule has 1 heterocycles. The van der Waals surface area contributed by atoms with Crippen LogP contribution in [-0.4, -0.2) is 42.7 Å². The number of aliphatic hydroxyl groups is 1.